The molecule has 0 radical (unpaired) electrons. The van der Waals surface area contributed by atoms with Crippen LogP contribution >= 0.6 is 11.6 Å². The molecule has 3 nitrogen and oxygen atoms in total. The molecule has 0 saturated heterocycles. The summed E-state index contributed by atoms with van der Waals surface area (Å²) < 4.78 is 15.0. The Bertz CT molecular complexity index is 537. The summed E-state index contributed by atoms with van der Waals surface area (Å²) in [4.78, 5) is 4.34. The minimum atomic E-state index is -0.424. The Morgan fingerprint density at radius 3 is 2.88 bits per heavy atom. The molecule has 0 bridgehead atoms. The topological polar surface area (TPSA) is 29.9 Å². The molecule has 0 aliphatic heterocycles. The summed E-state index contributed by atoms with van der Waals surface area (Å²) in [6.45, 7) is 4.77. The van der Waals surface area contributed by atoms with Crippen LogP contribution in [0.25, 0.3) is 0 Å². The normalized spacial score (nSPS) is 10.6. The highest BCUT2D eigenvalue weighted by Gasteiger charge is 2.06. The monoisotopic (exact) mass is 253 g/mol. The first-order valence-electron chi connectivity index (χ1n) is 5.36. The highest BCUT2D eigenvalue weighted by atomic mass is 35.5. The summed E-state index contributed by atoms with van der Waals surface area (Å²) in [6, 6.07) is 4.50. The summed E-state index contributed by atoms with van der Waals surface area (Å²) in [5.74, 6) is 0.305. The van der Waals surface area contributed by atoms with Crippen molar-refractivity contribution in [3.63, 3.8) is 0 Å². The van der Waals surface area contributed by atoms with Crippen LogP contribution in [0.1, 0.15) is 12.6 Å². The third-order valence-electron chi connectivity index (χ3n) is 2.41. The lowest BCUT2D eigenvalue weighted by Crippen LogP contribution is -2.01. The number of rotatable bonds is 3. The van der Waals surface area contributed by atoms with Gasteiger partial charge in [-0.25, -0.2) is 9.37 Å². The van der Waals surface area contributed by atoms with Gasteiger partial charge in [-0.05, 0) is 32.0 Å². The highest BCUT2D eigenvalue weighted by molar-refractivity contribution is 6.31. The molecule has 1 aromatic carbocycles. The van der Waals surface area contributed by atoms with E-state index in [0.717, 1.165) is 23.9 Å². The second-order valence-corrected chi connectivity index (χ2v) is 4.15. The molecule has 0 saturated carbocycles. The minimum absolute atomic E-state index is 0.0985. The Morgan fingerprint density at radius 1 is 1.47 bits per heavy atom. The van der Waals surface area contributed by atoms with Gasteiger partial charge in [0.1, 0.15) is 5.82 Å². The first kappa shape index (κ1) is 11.9. The maximum atomic E-state index is 13.0. The number of aryl methyl sites for hydroxylation is 2. The number of nitrogens with one attached hydrogen (secondary N) is 1. The van der Waals surface area contributed by atoms with E-state index in [9.17, 15) is 4.39 Å². The summed E-state index contributed by atoms with van der Waals surface area (Å²) in [6.07, 6.45) is 1.95. The Morgan fingerprint density at radius 2 is 2.24 bits per heavy atom. The van der Waals surface area contributed by atoms with Crippen LogP contribution in [-0.4, -0.2) is 9.55 Å². The van der Waals surface area contributed by atoms with Crippen LogP contribution in [0.3, 0.4) is 0 Å². The summed E-state index contributed by atoms with van der Waals surface area (Å²) in [5.41, 5.74) is 1.65. The van der Waals surface area contributed by atoms with Crippen LogP contribution in [0.15, 0.2) is 24.4 Å². The zero-order chi connectivity index (χ0) is 12.4. The first-order valence-corrected chi connectivity index (χ1v) is 5.73. The van der Waals surface area contributed by atoms with Crippen molar-refractivity contribution in [3.05, 3.63) is 40.9 Å². The van der Waals surface area contributed by atoms with E-state index in [1.165, 1.54) is 6.07 Å². The molecule has 0 atom stereocenters. The fraction of sp³-hybridized carbons (Fsp3) is 0.250. The number of aromatic nitrogens is 2. The van der Waals surface area contributed by atoms with E-state index in [4.69, 9.17) is 11.6 Å². The van der Waals surface area contributed by atoms with Crippen molar-refractivity contribution in [3.8, 4) is 0 Å². The van der Waals surface area contributed by atoms with Crippen molar-refractivity contribution in [1.29, 1.82) is 0 Å². The van der Waals surface area contributed by atoms with Gasteiger partial charge in [-0.3, -0.25) is 0 Å². The minimum Gasteiger partial charge on any atom is -0.326 e. The maximum Gasteiger partial charge on any atom is 0.207 e. The molecule has 90 valence electrons. The molecule has 0 amide bonds. The Labute approximate surface area is 104 Å². The van der Waals surface area contributed by atoms with Crippen molar-refractivity contribution in [2.45, 2.75) is 20.4 Å². The zero-order valence-corrected chi connectivity index (χ0v) is 10.4. The number of nitrogens with zero attached hydrogens (tertiary/aromatic N) is 2. The molecular formula is C12H13ClFN3. The highest BCUT2D eigenvalue weighted by Crippen LogP contribution is 2.22. The number of hydrogen-bond acceptors (Lipinski definition) is 2. The van der Waals surface area contributed by atoms with Crippen molar-refractivity contribution in [2.24, 2.45) is 0 Å². The van der Waals surface area contributed by atoms with Gasteiger partial charge in [0.2, 0.25) is 5.95 Å². The average Bonchev–Trinajstić information content (AvgIpc) is 2.64. The number of hydrogen-bond donors (Lipinski definition) is 1. The van der Waals surface area contributed by atoms with Gasteiger partial charge in [-0.2, -0.15) is 0 Å². The maximum absolute atomic E-state index is 13.0. The molecule has 0 aliphatic carbocycles. The lowest BCUT2D eigenvalue weighted by molar-refractivity contribution is 0.628. The molecule has 0 unspecified atom stereocenters. The Hall–Kier alpha value is -1.55. The van der Waals surface area contributed by atoms with E-state index < -0.39 is 5.82 Å². The van der Waals surface area contributed by atoms with Crippen molar-refractivity contribution in [1.82, 2.24) is 9.55 Å². The van der Waals surface area contributed by atoms with Gasteiger partial charge in [0.05, 0.1) is 10.7 Å². The summed E-state index contributed by atoms with van der Waals surface area (Å²) in [5, 5.41) is 3.21. The zero-order valence-electron chi connectivity index (χ0n) is 9.67. The second kappa shape index (κ2) is 4.75. The molecule has 5 heteroatoms. The fourth-order valence-electron chi connectivity index (χ4n) is 1.59. The van der Waals surface area contributed by atoms with Gasteiger partial charge in [0, 0.05) is 18.4 Å². The van der Waals surface area contributed by atoms with E-state index in [-0.39, 0.29) is 5.02 Å². The molecule has 1 aromatic heterocycles. The van der Waals surface area contributed by atoms with Crippen LogP contribution in [-0.2, 0) is 6.54 Å². The SMILES string of the molecule is CCn1cc(C)nc1Nc1ccc(F)c(Cl)c1. The quantitative estimate of drug-likeness (QED) is 0.903. The van der Waals surface area contributed by atoms with Gasteiger partial charge in [0.15, 0.2) is 0 Å². The molecule has 1 N–H and O–H groups in total. The van der Waals surface area contributed by atoms with Crippen molar-refractivity contribution < 1.29 is 4.39 Å². The van der Waals surface area contributed by atoms with E-state index in [0.29, 0.717) is 0 Å². The number of anilines is 2. The molecule has 2 aromatic rings. The molecule has 2 rings (SSSR count). The number of imidazole rings is 1. The predicted molar refractivity (Wildman–Crippen MR) is 67.3 cm³/mol. The van der Waals surface area contributed by atoms with E-state index in [1.54, 1.807) is 12.1 Å². The molecular weight excluding hydrogens is 241 g/mol. The Balaban J connectivity index is 2.27. The predicted octanol–water partition coefficient (Wildman–Crippen LogP) is 3.75. The third kappa shape index (κ3) is 2.58. The molecule has 1 heterocycles. The second-order valence-electron chi connectivity index (χ2n) is 3.75. The van der Waals surface area contributed by atoms with E-state index in [1.807, 2.05) is 24.6 Å². The fourth-order valence-corrected chi connectivity index (χ4v) is 1.77. The lowest BCUT2D eigenvalue weighted by Gasteiger charge is -2.08. The number of halogens is 2. The van der Waals surface area contributed by atoms with Crippen LogP contribution in [0.2, 0.25) is 5.02 Å². The molecule has 0 spiro atoms. The lowest BCUT2D eigenvalue weighted by atomic mass is 10.3. The summed E-state index contributed by atoms with van der Waals surface area (Å²) in [7, 11) is 0. The van der Waals surface area contributed by atoms with Crippen LogP contribution in [0.5, 0.6) is 0 Å². The largest absolute Gasteiger partial charge is 0.326 e. The van der Waals surface area contributed by atoms with Crippen molar-refractivity contribution in [2.75, 3.05) is 5.32 Å². The molecule has 17 heavy (non-hydrogen) atoms. The average molecular weight is 254 g/mol. The van der Waals surface area contributed by atoms with Gasteiger partial charge in [0.25, 0.3) is 0 Å². The molecule has 0 fully saturated rings. The van der Waals surface area contributed by atoms with E-state index in [2.05, 4.69) is 10.3 Å². The van der Waals surface area contributed by atoms with Gasteiger partial charge in [-0.1, -0.05) is 11.6 Å². The number of benzene rings is 1. The van der Waals surface area contributed by atoms with Crippen LogP contribution in [0, 0.1) is 12.7 Å². The summed E-state index contributed by atoms with van der Waals surface area (Å²) >= 11 is 5.72. The van der Waals surface area contributed by atoms with Gasteiger partial charge in [-0.15, -0.1) is 0 Å². The van der Waals surface area contributed by atoms with Crippen LogP contribution < -0.4 is 5.32 Å². The van der Waals surface area contributed by atoms with Gasteiger partial charge >= 0.3 is 0 Å². The Kier molecular flexibility index (Phi) is 3.33. The smallest absolute Gasteiger partial charge is 0.207 e. The molecule has 0 aliphatic rings. The van der Waals surface area contributed by atoms with Crippen molar-refractivity contribution >= 4 is 23.2 Å². The third-order valence-corrected chi connectivity index (χ3v) is 2.70. The van der Waals surface area contributed by atoms with E-state index >= 15 is 0 Å². The van der Waals surface area contributed by atoms with Gasteiger partial charge < -0.3 is 9.88 Å². The standard InChI is InChI=1S/C12H13ClFN3/c1-3-17-7-8(2)15-12(17)16-9-4-5-11(14)10(13)6-9/h4-7H,3H2,1-2H3,(H,15,16). The first-order chi connectivity index (χ1) is 8.10. The van der Waals surface area contributed by atoms with Crippen LogP contribution in [0.4, 0.5) is 16.0 Å².